The molecule has 0 aliphatic rings. The third kappa shape index (κ3) is 3.43. The van der Waals surface area contributed by atoms with E-state index in [1.807, 2.05) is 24.3 Å². The lowest BCUT2D eigenvalue weighted by atomic mass is 10.3. The van der Waals surface area contributed by atoms with Gasteiger partial charge in [0.25, 0.3) is 0 Å². The molecule has 0 radical (unpaired) electrons. The number of thiophene rings is 1. The Labute approximate surface area is 132 Å². The van der Waals surface area contributed by atoms with Crippen LogP contribution in [0.15, 0.2) is 41.8 Å². The van der Waals surface area contributed by atoms with Crippen molar-refractivity contribution in [2.75, 3.05) is 12.3 Å². The zero-order valence-electron chi connectivity index (χ0n) is 11.7. The van der Waals surface area contributed by atoms with Crippen molar-refractivity contribution in [2.24, 2.45) is 0 Å². The fourth-order valence-corrected chi connectivity index (χ4v) is 3.78. The maximum atomic E-state index is 5.72. The summed E-state index contributed by atoms with van der Waals surface area (Å²) in [5, 5.41) is 3.20. The number of hydrogen-bond donors (Lipinski definition) is 1. The predicted octanol–water partition coefficient (Wildman–Crippen LogP) is 4.38. The van der Waals surface area contributed by atoms with E-state index in [4.69, 9.17) is 15.5 Å². The molecule has 0 spiro atoms. The van der Waals surface area contributed by atoms with Crippen molar-refractivity contribution in [3.63, 3.8) is 0 Å². The topological polar surface area (TPSA) is 48.1 Å². The van der Waals surface area contributed by atoms with Crippen LogP contribution in [-0.2, 0) is 6.42 Å². The smallest absolute Gasteiger partial charge is 0.119 e. The fourth-order valence-electron chi connectivity index (χ4n) is 2.02. The van der Waals surface area contributed by atoms with Crippen molar-refractivity contribution in [3.05, 3.63) is 51.7 Å². The quantitative estimate of drug-likeness (QED) is 0.710. The van der Waals surface area contributed by atoms with E-state index in [1.165, 1.54) is 9.75 Å². The van der Waals surface area contributed by atoms with E-state index >= 15 is 0 Å². The number of thiazole rings is 1. The van der Waals surface area contributed by atoms with Gasteiger partial charge in [-0.1, -0.05) is 6.07 Å². The van der Waals surface area contributed by atoms with Gasteiger partial charge in [0.1, 0.15) is 5.75 Å². The highest BCUT2D eigenvalue weighted by molar-refractivity contribution is 7.15. The van der Waals surface area contributed by atoms with E-state index in [0.29, 0.717) is 6.61 Å². The van der Waals surface area contributed by atoms with Gasteiger partial charge in [-0.05, 0) is 42.6 Å². The Bertz CT molecular complexity index is 702. The van der Waals surface area contributed by atoms with Gasteiger partial charge in [-0.2, -0.15) is 0 Å². The third-order valence-corrected chi connectivity index (χ3v) is 4.97. The van der Waals surface area contributed by atoms with Crippen LogP contribution in [-0.4, -0.2) is 11.6 Å². The Balaban J connectivity index is 1.61. The summed E-state index contributed by atoms with van der Waals surface area (Å²) in [6, 6.07) is 11.6. The first kappa shape index (κ1) is 14.1. The van der Waals surface area contributed by atoms with Crippen LogP contribution in [0.5, 0.6) is 5.75 Å². The fraction of sp³-hybridized carbons (Fsp3) is 0.188. The molecule has 0 saturated heterocycles. The van der Waals surface area contributed by atoms with E-state index < -0.39 is 0 Å². The molecule has 3 rings (SSSR count). The number of aromatic nitrogens is 1. The molecule has 5 heteroatoms. The summed E-state index contributed by atoms with van der Waals surface area (Å²) in [5.74, 6) is 0.843. The second-order valence-electron chi connectivity index (χ2n) is 4.66. The van der Waals surface area contributed by atoms with Crippen LogP contribution in [0.25, 0.3) is 10.6 Å². The van der Waals surface area contributed by atoms with E-state index in [9.17, 15) is 0 Å². The normalized spacial score (nSPS) is 10.7. The minimum Gasteiger partial charge on any atom is -0.493 e. The van der Waals surface area contributed by atoms with Crippen LogP contribution < -0.4 is 10.5 Å². The van der Waals surface area contributed by atoms with Gasteiger partial charge in [0.05, 0.1) is 22.2 Å². The summed E-state index contributed by atoms with van der Waals surface area (Å²) in [6.45, 7) is 2.75. The molecular formula is C16H16N2OS2. The molecule has 21 heavy (non-hydrogen) atoms. The first-order chi connectivity index (χ1) is 10.2. The van der Waals surface area contributed by atoms with Gasteiger partial charge in [0, 0.05) is 17.0 Å². The predicted molar refractivity (Wildman–Crippen MR) is 90.2 cm³/mol. The molecule has 0 bridgehead atoms. The van der Waals surface area contributed by atoms with Gasteiger partial charge >= 0.3 is 0 Å². The number of nitrogen functional groups attached to an aromatic ring is 1. The van der Waals surface area contributed by atoms with Crippen LogP contribution >= 0.6 is 22.7 Å². The van der Waals surface area contributed by atoms with Crippen molar-refractivity contribution < 1.29 is 4.74 Å². The van der Waals surface area contributed by atoms with Crippen LogP contribution in [0.4, 0.5) is 5.69 Å². The van der Waals surface area contributed by atoms with Gasteiger partial charge in [-0.3, -0.25) is 0 Å². The molecule has 2 N–H and O–H groups in total. The minimum absolute atomic E-state index is 0.626. The lowest BCUT2D eigenvalue weighted by Gasteiger charge is -2.04. The van der Waals surface area contributed by atoms with E-state index in [-0.39, 0.29) is 0 Å². The minimum atomic E-state index is 0.626. The molecular weight excluding hydrogens is 300 g/mol. The van der Waals surface area contributed by atoms with Crippen molar-refractivity contribution in [3.8, 4) is 16.3 Å². The Hall–Kier alpha value is -1.85. The molecule has 0 aliphatic carbocycles. The van der Waals surface area contributed by atoms with Crippen LogP contribution in [0, 0.1) is 6.92 Å². The monoisotopic (exact) mass is 316 g/mol. The number of rotatable bonds is 5. The second-order valence-corrected chi connectivity index (χ2v) is 6.89. The molecule has 1 aromatic carbocycles. The zero-order chi connectivity index (χ0) is 14.7. The Morgan fingerprint density at radius 2 is 2.00 bits per heavy atom. The lowest BCUT2D eigenvalue weighted by molar-refractivity contribution is 0.322. The molecule has 0 amide bonds. The number of aryl methyl sites for hydroxylation is 1. The molecule has 108 valence electrons. The first-order valence-corrected chi connectivity index (χ1v) is 8.40. The second kappa shape index (κ2) is 6.28. The summed E-state index contributed by atoms with van der Waals surface area (Å²) in [7, 11) is 0. The van der Waals surface area contributed by atoms with Gasteiger partial charge < -0.3 is 10.5 Å². The van der Waals surface area contributed by atoms with Crippen LogP contribution in [0.2, 0.25) is 0 Å². The molecule has 3 aromatic rings. The average molecular weight is 316 g/mol. The number of nitrogens with zero attached hydrogens (tertiary/aromatic N) is 1. The summed E-state index contributed by atoms with van der Waals surface area (Å²) < 4.78 is 5.72. The molecule has 0 unspecified atom stereocenters. The van der Waals surface area contributed by atoms with Gasteiger partial charge in [0.15, 0.2) is 0 Å². The van der Waals surface area contributed by atoms with E-state index in [2.05, 4.69) is 24.4 Å². The Morgan fingerprint density at radius 3 is 2.71 bits per heavy atom. The summed E-state index contributed by atoms with van der Waals surface area (Å²) >= 11 is 3.47. The Morgan fingerprint density at radius 1 is 1.19 bits per heavy atom. The maximum Gasteiger partial charge on any atom is 0.119 e. The molecule has 0 atom stereocenters. The molecule has 0 saturated carbocycles. The van der Waals surface area contributed by atoms with Crippen LogP contribution in [0.3, 0.4) is 0 Å². The number of hydrogen-bond acceptors (Lipinski definition) is 5. The Kier molecular flexibility index (Phi) is 4.22. The van der Waals surface area contributed by atoms with Crippen molar-refractivity contribution in [1.29, 1.82) is 0 Å². The average Bonchev–Trinajstić information content (AvgIpc) is 3.10. The van der Waals surface area contributed by atoms with E-state index in [0.717, 1.165) is 28.6 Å². The lowest BCUT2D eigenvalue weighted by Crippen LogP contribution is -2.01. The van der Waals surface area contributed by atoms with E-state index in [1.54, 1.807) is 22.7 Å². The summed E-state index contributed by atoms with van der Waals surface area (Å²) in [6.07, 6.45) is 0.821. The highest BCUT2D eigenvalue weighted by atomic mass is 32.1. The summed E-state index contributed by atoms with van der Waals surface area (Å²) in [5.41, 5.74) is 7.51. The van der Waals surface area contributed by atoms with Crippen molar-refractivity contribution >= 4 is 28.4 Å². The highest BCUT2D eigenvalue weighted by Gasteiger charge is 2.10. The van der Waals surface area contributed by atoms with Crippen molar-refractivity contribution in [1.82, 2.24) is 4.98 Å². The number of ether oxygens (including phenoxy) is 1. The van der Waals surface area contributed by atoms with Crippen molar-refractivity contribution in [2.45, 2.75) is 13.3 Å². The highest BCUT2D eigenvalue weighted by Crippen LogP contribution is 2.30. The number of anilines is 1. The van der Waals surface area contributed by atoms with Crippen LogP contribution in [0.1, 0.15) is 9.88 Å². The van der Waals surface area contributed by atoms with Gasteiger partial charge in [-0.15, -0.1) is 22.7 Å². The molecule has 0 fully saturated rings. The molecule has 2 aromatic heterocycles. The first-order valence-electron chi connectivity index (χ1n) is 6.71. The summed E-state index contributed by atoms with van der Waals surface area (Å²) in [4.78, 5) is 7.22. The molecule has 0 aliphatic heterocycles. The SMILES string of the molecule is Cc1sc(CCOc2ccc(N)cc2)nc1-c1cccs1. The zero-order valence-corrected chi connectivity index (χ0v) is 13.3. The number of nitrogens with two attached hydrogens (primary N) is 1. The largest absolute Gasteiger partial charge is 0.493 e. The molecule has 2 heterocycles. The third-order valence-electron chi connectivity index (χ3n) is 3.06. The number of benzene rings is 1. The van der Waals surface area contributed by atoms with Gasteiger partial charge in [-0.25, -0.2) is 4.98 Å². The standard InChI is InChI=1S/C16H16N2OS2/c1-11-16(14-3-2-10-20-14)18-15(21-11)8-9-19-13-6-4-12(17)5-7-13/h2-7,10H,8-9,17H2,1H3. The maximum absolute atomic E-state index is 5.72. The molecule has 3 nitrogen and oxygen atoms in total. The van der Waals surface area contributed by atoms with Gasteiger partial charge in [0.2, 0.25) is 0 Å².